The molecule has 1 atom stereocenters. The zero-order valence-corrected chi connectivity index (χ0v) is 11.7. The summed E-state index contributed by atoms with van der Waals surface area (Å²) >= 11 is 1.19. The summed E-state index contributed by atoms with van der Waals surface area (Å²) in [5.41, 5.74) is 5.37. The van der Waals surface area contributed by atoms with Gasteiger partial charge in [-0.2, -0.15) is 13.2 Å². The monoisotopic (exact) mass is 316 g/mol. The first kappa shape index (κ1) is 14.5. The van der Waals surface area contributed by atoms with Gasteiger partial charge in [0.25, 0.3) is 0 Å². The van der Waals surface area contributed by atoms with Crippen LogP contribution in [0.1, 0.15) is 35.0 Å². The van der Waals surface area contributed by atoms with Gasteiger partial charge in [0.1, 0.15) is 10.8 Å². The lowest BCUT2D eigenvalue weighted by Crippen LogP contribution is -2.15. The van der Waals surface area contributed by atoms with E-state index in [9.17, 15) is 17.6 Å². The molecule has 0 amide bonds. The average Bonchev–Trinajstić information content (AvgIpc) is 2.83. The van der Waals surface area contributed by atoms with Crippen molar-refractivity contribution in [3.8, 4) is 10.6 Å². The van der Waals surface area contributed by atoms with Gasteiger partial charge in [0.05, 0.1) is 11.3 Å². The van der Waals surface area contributed by atoms with Gasteiger partial charge in [-0.1, -0.05) is 6.07 Å². The minimum absolute atomic E-state index is 0.114. The fourth-order valence-corrected chi connectivity index (χ4v) is 3.65. The molecule has 1 unspecified atom stereocenters. The van der Waals surface area contributed by atoms with Gasteiger partial charge in [-0.25, -0.2) is 9.37 Å². The van der Waals surface area contributed by atoms with Crippen LogP contribution in [0.15, 0.2) is 18.2 Å². The van der Waals surface area contributed by atoms with Gasteiger partial charge in [0.2, 0.25) is 0 Å². The van der Waals surface area contributed by atoms with Gasteiger partial charge in [0, 0.05) is 16.5 Å². The lowest BCUT2D eigenvalue weighted by atomic mass is 9.99. The van der Waals surface area contributed by atoms with Crippen molar-refractivity contribution in [2.75, 3.05) is 0 Å². The minimum Gasteiger partial charge on any atom is -0.323 e. The van der Waals surface area contributed by atoms with Gasteiger partial charge in [-0.3, -0.25) is 0 Å². The number of aryl methyl sites for hydroxylation is 1. The first-order valence-corrected chi connectivity index (χ1v) is 7.31. The molecule has 1 aromatic heterocycles. The maximum atomic E-state index is 14.1. The summed E-state index contributed by atoms with van der Waals surface area (Å²) in [6, 6.07) is 3.09. The molecule has 3 rings (SSSR count). The van der Waals surface area contributed by atoms with E-state index in [0.717, 1.165) is 35.9 Å². The largest absolute Gasteiger partial charge is 0.419 e. The number of fused-ring (bicyclic) bond motifs is 1. The minimum atomic E-state index is -4.71. The molecule has 0 radical (unpaired) electrons. The van der Waals surface area contributed by atoms with Gasteiger partial charge in [-0.15, -0.1) is 11.3 Å². The maximum absolute atomic E-state index is 14.1. The number of aromatic nitrogens is 1. The number of nitrogens with two attached hydrogens (primary N) is 1. The van der Waals surface area contributed by atoms with Crippen molar-refractivity contribution in [3.05, 3.63) is 40.2 Å². The van der Waals surface area contributed by atoms with Gasteiger partial charge < -0.3 is 5.73 Å². The van der Waals surface area contributed by atoms with E-state index in [1.807, 2.05) is 0 Å². The Morgan fingerprint density at radius 1 is 1.29 bits per heavy atom. The highest BCUT2D eigenvalue weighted by molar-refractivity contribution is 7.15. The normalized spacial score (nSPS) is 18.6. The third kappa shape index (κ3) is 2.55. The number of nitrogens with zero attached hydrogens (tertiary/aromatic N) is 1. The number of benzene rings is 1. The van der Waals surface area contributed by atoms with Crippen LogP contribution < -0.4 is 5.73 Å². The molecule has 7 heteroatoms. The lowest BCUT2D eigenvalue weighted by Gasteiger charge is -2.15. The van der Waals surface area contributed by atoms with E-state index >= 15 is 0 Å². The summed E-state index contributed by atoms with van der Waals surface area (Å²) in [5, 5.41) is 0.265. The standard InChI is InChI=1S/C14H12F4N2S/c15-11-7(3-1-4-8(11)14(16,17)18)13-20-10-6-2-5-9(19)12(10)21-13/h1,3-4,9H,2,5-6,19H2. The van der Waals surface area contributed by atoms with Crippen molar-refractivity contribution >= 4 is 11.3 Å². The van der Waals surface area contributed by atoms with Gasteiger partial charge in [0.15, 0.2) is 0 Å². The first-order chi connectivity index (χ1) is 9.88. The fourth-order valence-electron chi connectivity index (χ4n) is 2.48. The van der Waals surface area contributed by atoms with Crippen molar-refractivity contribution in [3.63, 3.8) is 0 Å². The van der Waals surface area contributed by atoms with Crippen LogP contribution in [0, 0.1) is 5.82 Å². The Morgan fingerprint density at radius 3 is 2.71 bits per heavy atom. The van der Waals surface area contributed by atoms with Crippen LogP contribution in [0.2, 0.25) is 0 Å². The molecule has 112 valence electrons. The van der Waals surface area contributed by atoms with Crippen LogP contribution in [0.3, 0.4) is 0 Å². The topological polar surface area (TPSA) is 38.9 Å². The molecule has 0 saturated carbocycles. The zero-order valence-electron chi connectivity index (χ0n) is 10.9. The van der Waals surface area contributed by atoms with Crippen molar-refractivity contribution in [1.82, 2.24) is 4.98 Å². The SMILES string of the molecule is NC1CCCc2nc(-c3cccc(C(F)(F)F)c3F)sc21. The van der Waals surface area contributed by atoms with Gasteiger partial charge in [-0.05, 0) is 31.4 Å². The zero-order chi connectivity index (χ0) is 15.2. The second kappa shape index (κ2) is 5.06. The van der Waals surface area contributed by atoms with E-state index in [-0.39, 0.29) is 16.6 Å². The maximum Gasteiger partial charge on any atom is 0.419 e. The number of halogens is 4. The Balaban J connectivity index is 2.10. The molecule has 2 N–H and O–H groups in total. The number of rotatable bonds is 1. The Hall–Kier alpha value is -1.47. The molecule has 1 aliphatic rings. The highest BCUT2D eigenvalue weighted by Gasteiger charge is 2.35. The number of alkyl halides is 3. The third-order valence-electron chi connectivity index (χ3n) is 3.53. The second-order valence-corrected chi connectivity index (χ2v) is 6.02. The summed E-state index contributed by atoms with van der Waals surface area (Å²) in [6.45, 7) is 0. The Morgan fingerprint density at radius 2 is 2.05 bits per heavy atom. The molecule has 0 saturated heterocycles. The van der Waals surface area contributed by atoms with Crippen molar-refractivity contribution in [2.45, 2.75) is 31.5 Å². The summed E-state index contributed by atoms with van der Waals surface area (Å²) in [4.78, 5) is 5.14. The van der Waals surface area contributed by atoms with Crippen LogP contribution in [0.4, 0.5) is 17.6 Å². The predicted octanol–water partition coefficient (Wildman–Crippen LogP) is 4.30. The summed E-state index contributed by atoms with van der Waals surface area (Å²) < 4.78 is 52.4. The van der Waals surface area contributed by atoms with E-state index in [4.69, 9.17) is 5.73 Å². The molecule has 0 fully saturated rings. The molecular formula is C14H12F4N2S. The highest BCUT2D eigenvalue weighted by atomic mass is 32.1. The van der Waals surface area contributed by atoms with Crippen LogP contribution in [-0.2, 0) is 12.6 Å². The highest BCUT2D eigenvalue weighted by Crippen LogP contribution is 2.40. The fraction of sp³-hybridized carbons (Fsp3) is 0.357. The van der Waals surface area contributed by atoms with Crippen LogP contribution in [0.5, 0.6) is 0 Å². The van der Waals surface area contributed by atoms with E-state index < -0.39 is 17.6 Å². The Bertz CT molecular complexity index is 678. The molecular weight excluding hydrogens is 304 g/mol. The predicted molar refractivity (Wildman–Crippen MR) is 72.4 cm³/mol. The second-order valence-electron chi connectivity index (χ2n) is 4.99. The molecule has 21 heavy (non-hydrogen) atoms. The number of hydrogen-bond acceptors (Lipinski definition) is 3. The van der Waals surface area contributed by atoms with Crippen LogP contribution in [0.25, 0.3) is 10.6 Å². The van der Waals surface area contributed by atoms with E-state index in [1.165, 1.54) is 23.5 Å². The molecule has 1 aliphatic carbocycles. The molecule has 1 heterocycles. The molecule has 0 aliphatic heterocycles. The molecule has 0 bridgehead atoms. The lowest BCUT2D eigenvalue weighted by molar-refractivity contribution is -0.139. The van der Waals surface area contributed by atoms with E-state index in [0.29, 0.717) is 0 Å². The smallest absolute Gasteiger partial charge is 0.323 e. The van der Waals surface area contributed by atoms with Gasteiger partial charge >= 0.3 is 6.18 Å². The Labute approximate surface area is 122 Å². The van der Waals surface area contributed by atoms with Crippen molar-refractivity contribution < 1.29 is 17.6 Å². The third-order valence-corrected chi connectivity index (χ3v) is 4.79. The quantitative estimate of drug-likeness (QED) is 0.797. The summed E-state index contributed by atoms with van der Waals surface area (Å²) in [7, 11) is 0. The van der Waals surface area contributed by atoms with Crippen molar-refractivity contribution in [2.24, 2.45) is 5.73 Å². The summed E-state index contributed by atoms with van der Waals surface area (Å²) in [6.07, 6.45) is -2.27. The Kier molecular flexibility index (Phi) is 3.49. The van der Waals surface area contributed by atoms with E-state index in [2.05, 4.69) is 4.98 Å². The molecule has 2 aromatic rings. The average molecular weight is 316 g/mol. The summed E-state index contributed by atoms with van der Waals surface area (Å²) in [5.74, 6) is -1.27. The van der Waals surface area contributed by atoms with Crippen molar-refractivity contribution in [1.29, 1.82) is 0 Å². The van der Waals surface area contributed by atoms with E-state index in [1.54, 1.807) is 0 Å². The van der Waals surface area contributed by atoms with Crippen LogP contribution in [-0.4, -0.2) is 4.98 Å². The van der Waals surface area contributed by atoms with Crippen LogP contribution >= 0.6 is 11.3 Å². The first-order valence-electron chi connectivity index (χ1n) is 6.49. The molecule has 1 aromatic carbocycles. The molecule has 0 spiro atoms. The number of hydrogen-bond donors (Lipinski definition) is 1. The number of thiazole rings is 1. The molecule has 2 nitrogen and oxygen atoms in total.